The van der Waals surface area contributed by atoms with E-state index < -0.39 is 0 Å². The van der Waals surface area contributed by atoms with Crippen molar-refractivity contribution in [2.45, 2.75) is 19.0 Å². The van der Waals surface area contributed by atoms with Gasteiger partial charge in [-0.2, -0.15) is 0 Å². The Hall–Kier alpha value is -2.04. The number of nitrogens with zero attached hydrogens (tertiary/aromatic N) is 1. The van der Waals surface area contributed by atoms with E-state index in [-0.39, 0.29) is 0 Å². The molecule has 128 valence electrons. The Morgan fingerprint density at radius 1 is 0.917 bits per heavy atom. The normalized spacial score (nSPS) is 18.3. The number of methoxy groups -OCH3 is 2. The number of piperazine rings is 1. The third kappa shape index (κ3) is 4.28. The Balaban J connectivity index is 1.65. The van der Waals surface area contributed by atoms with Crippen molar-refractivity contribution >= 4 is 0 Å². The molecule has 1 heterocycles. The summed E-state index contributed by atoms with van der Waals surface area (Å²) in [7, 11) is 3.41. The molecule has 0 aromatic heterocycles. The Kier molecular flexibility index (Phi) is 5.72. The minimum Gasteiger partial charge on any atom is -0.497 e. The zero-order chi connectivity index (χ0) is 16.8. The number of benzene rings is 2. The van der Waals surface area contributed by atoms with Gasteiger partial charge in [-0.05, 0) is 41.8 Å². The molecule has 4 nitrogen and oxygen atoms in total. The summed E-state index contributed by atoms with van der Waals surface area (Å²) in [4.78, 5) is 2.57. The summed E-state index contributed by atoms with van der Waals surface area (Å²) in [5, 5.41) is 3.53. The second kappa shape index (κ2) is 8.18. The molecule has 2 aromatic carbocycles. The van der Waals surface area contributed by atoms with Crippen molar-refractivity contribution < 1.29 is 9.47 Å². The van der Waals surface area contributed by atoms with Crippen molar-refractivity contribution in [3.05, 3.63) is 59.7 Å². The highest BCUT2D eigenvalue weighted by Gasteiger charge is 2.22. The van der Waals surface area contributed by atoms with Crippen molar-refractivity contribution in [3.8, 4) is 11.5 Å². The highest BCUT2D eigenvalue weighted by atomic mass is 16.5. The molecule has 1 unspecified atom stereocenters. The van der Waals surface area contributed by atoms with Gasteiger partial charge in [-0.15, -0.1) is 0 Å². The van der Waals surface area contributed by atoms with Gasteiger partial charge in [0.1, 0.15) is 11.5 Å². The Bertz CT molecular complexity index is 568. The Labute approximate surface area is 144 Å². The molecular weight excluding hydrogens is 300 g/mol. The number of rotatable bonds is 6. The smallest absolute Gasteiger partial charge is 0.118 e. The Morgan fingerprint density at radius 3 is 2.08 bits per heavy atom. The maximum Gasteiger partial charge on any atom is 0.118 e. The molecule has 1 fully saturated rings. The lowest BCUT2D eigenvalue weighted by molar-refractivity contribution is 0.152. The molecule has 0 amide bonds. The van der Waals surface area contributed by atoms with Gasteiger partial charge in [-0.1, -0.05) is 24.3 Å². The van der Waals surface area contributed by atoms with Gasteiger partial charge in [0, 0.05) is 32.2 Å². The van der Waals surface area contributed by atoms with Gasteiger partial charge in [0.25, 0.3) is 0 Å². The summed E-state index contributed by atoms with van der Waals surface area (Å²) in [6.07, 6.45) is 1.05. The van der Waals surface area contributed by atoms with Crippen LogP contribution in [0, 0.1) is 0 Å². The third-order valence-electron chi connectivity index (χ3n) is 4.65. The van der Waals surface area contributed by atoms with Gasteiger partial charge in [0.15, 0.2) is 0 Å². The van der Waals surface area contributed by atoms with Crippen LogP contribution in [0.5, 0.6) is 11.5 Å². The topological polar surface area (TPSA) is 33.7 Å². The largest absolute Gasteiger partial charge is 0.497 e. The van der Waals surface area contributed by atoms with Gasteiger partial charge in [-0.3, -0.25) is 4.90 Å². The molecule has 1 aliphatic rings. The van der Waals surface area contributed by atoms with Crippen LogP contribution in [0.4, 0.5) is 0 Å². The number of nitrogens with one attached hydrogen (secondary N) is 1. The highest BCUT2D eigenvalue weighted by molar-refractivity contribution is 5.29. The van der Waals surface area contributed by atoms with Crippen molar-refractivity contribution in [2.75, 3.05) is 33.9 Å². The molecule has 1 aliphatic heterocycles. The molecule has 2 aromatic rings. The molecule has 0 bridgehead atoms. The fourth-order valence-corrected chi connectivity index (χ4v) is 3.21. The van der Waals surface area contributed by atoms with E-state index in [2.05, 4.69) is 34.5 Å². The maximum absolute atomic E-state index is 5.25. The monoisotopic (exact) mass is 326 g/mol. The maximum atomic E-state index is 5.25. The lowest BCUT2D eigenvalue weighted by Gasteiger charge is -2.36. The van der Waals surface area contributed by atoms with Crippen LogP contribution >= 0.6 is 0 Å². The summed E-state index contributed by atoms with van der Waals surface area (Å²) < 4.78 is 10.5. The molecule has 0 radical (unpaired) electrons. The lowest BCUT2D eigenvalue weighted by atomic mass is 10.0. The van der Waals surface area contributed by atoms with E-state index in [4.69, 9.17) is 9.47 Å². The predicted molar refractivity (Wildman–Crippen MR) is 96.8 cm³/mol. The van der Waals surface area contributed by atoms with Gasteiger partial charge in [-0.25, -0.2) is 0 Å². The van der Waals surface area contributed by atoms with Crippen LogP contribution in [-0.2, 0) is 13.0 Å². The summed E-state index contributed by atoms with van der Waals surface area (Å²) in [6, 6.07) is 17.3. The number of hydrogen-bond acceptors (Lipinski definition) is 4. The van der Waals surface area contributed by atoms with Gasteiger partial charge < -0.3 is 14.8 Å². The van der Waals surface area contributed by atoms with Gasteiger partial charge >= 0.3 is 0 Å². The first-order chi connectivity index (χ1) is 11.8. The molecule has 4 heteroatoms. The molecule has 0 spiro atoms. The van der Waals surface area contributed by atoms with E-state index in [0.717, 1.165) is 44.1 Å². The van der Waals surface area contributed by atoms with Gasteiger partial charge in [0.2, 0.25) is 0 Å². The Morgan fingerprint density at radius 2 is 1.50 bits per heavy atom. The van der Waals surface area contributed by atoms with E-state index in [1.807, 2.05) is 24.3 Å². The number of ether oxygens (including phenoxy) is 2. The van der Waals surface area contributed by atoms with Crippen LogP contribution in [0.1, 0.15) is 11.1 Å². The summed E-state index contributed by atoms with van der Waals surface area (Å²) in [6.45, 7) is 4.14. The first-order valence-corrected chi connectivity index (χ1v) is 8.49. The summed E-state index contributed by atoms with van der Waals surface area (Å²) >= 11 is 0. The van der Waals surface area contributed by atoms with Crippen LogP contribution < -0.4 is 14.8 Å². The molecule has 24 heavy (non-hydrogen) atoms. The van der Waals surface area contributed by atoms with Crippen molar-refractivity contribution in [3.63, 3.8) is 0 Å². The van der Waals surface area contributed by atoms with Crippen LogP contribution in [0.3, 0.4) is 0 Å². The van der Waals surface area contributed by atoms with Crippen molar-refractivity contribution in [1.82, 2.24) is 10.2 Å². The standard InChI is InChI=1S/C20H26N2O2/c1-23-19-7-3-16(4-8-19)13-18-14-21-11-12-22(18)15-17-5-9-20(24-2)10-6-17/h3-10,18,21H,11-15H2,1-2H3. The van der Waals surface area contributed by atoms with E-state index in [1.165, 1.54) is 11.1 Å². The molecular formula is C20H26N2O2. The van der Waals surface area contributed by atoms with Crippen LogP contribution in [0.15, 0.2) is 48.5 Å². The lowest BCUT2D eigenvalue weighted by Crippen LogP contribution is -2.51. The fraction of sp³-hybridized carbons (Fsp3) is 0.400. The van der Waals surface area contributed by atoms with E-state index in [1.54, 1.807) is 14.2 Å². The van der Waals surface area contributed by atoms with Crippen molar-refractivity contribution in [1.29, 1.82) is 0 Å². The minimum atomic E-state index is 0.509. The zero-order valence-electron chi connectivity index (χ0n) is 14.5. The predicted octanol–water partition coefficient (Wildman–Crippen LogP) is 2.72. The average Bonchev–Trinajstić information content (AvgIpc) is 2.64. The van der Waals surface area contributed by atoms with E-state index >= 15 is 0 Å². The zero-order valence-corrected chi connectivity index (χ0v) is 14.5. The molecule has 3 rings (SSSR count). The third-order valence-corrected chi connectivity index (χ3v) is 4.65. The van der Waals surface area contributed by atoms with Crippen molar-refractivity contribution in [2.24, 2.45) is 0 Å². The first kappa shape index (κ1) is 16.8. The number of hydrogen-bond donors (Lipinski definition) is 1. The van der Waals surface area contributed by atoms with E-state index in [9.17, 15) is 0 Å². The molecule has 1 N–H and O–H groups in total. The second-order valence-corrected chi connectivity index (χ2v) is 6.23. The minimum absolute atomic E-state index is 0.509. The fourth-order valence-electron chi connectivity index (χ4n) is 3.21. The second-order valence-electron chi connectivity index (χ2n) is 6.23. The average molecular weight is 326 g/mol. The first-order valence-electron chi connectivity index (χ1n) is 8.49. The van der Waals surface area contributed by atoms with Crippen LogP contribution in [0.25, 0.3) is 0 Å². The summed E-state index contributed by atoms with van der Waals surface area (Å²) in [5.74, 6) is 1.82. The molecule has 1 atom stereocenters. The highest BCUT2D eigenvalue weighted by Crippen LogP contribution is 2.18. The van der Waals surface area contributed by atoms with Gasteiger partial charge in [0.05, 0.1) is 14.2 Å². The molecule has 1 saturated heterocycles. The SMILES string of the molecule is COc1ccc(CC2CNCCN2Cc2ccc(OC)cc2)cc1. The van der Waals surface area contributed by atoms with E-state index in [0.29, 0.717) is 6.04 Å². The van der Waals surface area contributed by atoms with Crippen LogP contribution in [-0.4, -0.2) is 44.8 Å². The van der Waals surface area contributed by atoms with Crippen LogP contribution in [0.2, 0.25) is 0 Å². The molecule has 0 aliphatic carbocycles. The summed E-state index contributed by atoms with van der Waals surface area (Å²) in [5.41, 5.74) is 2.68. The molecule has 0 saturated carbocycles. The quantitative estimate of drug-likeness (QED) is 0.885.